The quantitative estimate of drug-likeness (QED) is 0.578. The average molecular weight is 289 g/mol. The minimum absolute atomic E-state index is 0.615. The fourth-order valence-electron chi connectivity index (χ4n) is 1.65. The van der Waals surface area contributed by atoms with Crippen molar-refractivity contribution in [2.75, 3.05) is 5.73 Å². The molecule has 3 aromatic rings. The van der Waals surface area contributed by atoms with Gasteiger partial charge in [-0.15, -0.1) is 0 Å². The van der Waals surface area contributed by atoms with Crippen LogP contribution in [0.1, 0.15) is 0 Å². The summed E-state index contributed by atoms with van der Waals surface area (Å²) >= 11 is 7.29. The first-order valence-corrected chi connectivity index (χ1v) is 6.71. The molecule has 0 saturated heterocycles. The number of pyridine rings is 1. The highest BCUT2D eigenvalue weighted by Gasteiger charge is 2.06. The van der Waals surface area contributed by atoms with E-state index in [1.165, 1.54) is 18.1 Å². The van der Waals surface area contributed by atoms with Gasteiger partial charge in [0.1, 0.15) is 16.4 Å². The van der Waals surface area contributed by atoms with E-state index in [4.69, 9.17) is 17.3 Å². The van der Waals surface area contributed by atoms with Crippen LogP contribution in [-0.4, -0.2) is 15.0 Å². The zero-order valence-electron chi connectivity index (χ0n) is 9.75. The van der Waals surface area contributed by atoms with Gasteiger partial charge in [-0.25, -0.2) is 15.0 Å². The number of rotatable bonds is 2. The van der Waals surface area contributed by atoms with Gasteiger partial charge in [0.25, 0.3) is 0 Å². The fourth-order valence-corrected chi connectivity index (χ4v) is 2.59. The lowest BCUT2D eigenvalue weighted by molar-refractivity contribution is 1.08. The second-order valence-electron chi connectivity index (χ2n) is 3.87. The van der Waals surface area contributed by atoms with Crippen LogP contribution >= 0.6 is 23.4 Å². The maximum Gasteiger partial charge on any atom is 0.117 e. The Kier molecular flexibility index (Phi) is 3.23. The standard InChI is InChI=1S/C13H9ClN4S/c14-8-1-4-12(16-6-8)19-13-10-3-2-9(15)5-11(10)17-7-18-13/h1-7H,15H2. The van der Waals surface area contributed by atoms with Crippen LogP contribution in [0.15, 0.2) is 52.9 Å². The Hall–Kier alpha value is -1.85. The summed E-state index contributed by atoms with van der Waals surface area (Å²) in [7, 11) is 0. The molecule has 0 atom stereocenters. The number of halogens is 1. The van der Waals surface area contributed by atoms with Gasteiger partial charge in [-0.2, -0.15) is 0 Å². The summed E-state index contributed by atoms with van der Waals surface area (Å²) < 4.78 is 0. The third-order valence-corrected chi connectivity index (χ3v) is 3.72. The first-order valence-electron chi connectivity index (χ1n) is 5.52. The van der Waals surface area contributed by atoms with Crippen molar-refractivity contribution in [2.45, 2.75) is 10.1 Å². The lowest BCUT2D eigenvalue weighted by Crippen LogP contribution is -1.90. The highest BCUT2D eigenvalue weighted by molar-refractivity contribution is 7.99. The summed E-state index contributed by atoms with van der Waals surface area (Å²) in [6, 6.07) is 9.25. The number of benzene rings is 1. The van der Waals surface area contributed by atoms with Crippen molar-refractivity contribution in [3.63, 3.8) is 0 Å². The van der Waals surface area contributed by atoms with E-state index in [1.807, 2.05) is 24.3 Å². The van der Waals surface area contributed by atoms with Gasteiger partial charge in [0.2, 0.25) is 0 Å². The molecule has 19 heavy (non-hydrogen) atoms. The van der Waals surface area contributed by atoms with Gasteiger partial charge >= 0.3 is 0 Å². The highest BCUT2D eigenvalue weighted by Crippen LogP contribution is 2.30. The molecule has 0 aliphatic carbocycles. The lowest BCUT2D eigenvalue weighted by Gasteiger charge is -2.04. The van der Waals surface area contributed by atoms with Gasteiger partial charge in [0, 0.05) is 17.3 Å². The zero-order chi connectivity index (χ0) is 13.2. The van der Waals surface area contributed by atoms with E-state index in [9.17, 15) is 0 Å². The van der Waals surface area contributed by atoms with E-state index < -0.39 is 0 Å². The number of hydrogen-bond donors (Lipinski definition) is 1. The molecular formula is C13H9ClN4S. The Labute approximate surface area is 119 Å². The SMILES string of the molecule is Nc1ccc2c(Sc3ccc(Cl)cn3)ncnc2c1. The summed E-state index contributed by atoms with van der Waals surface area (Å²) in [5.74, 6) is 0. The topological polar surface area (TPSA) is 64.7 Å². The van der Waals surface area contributed by atoms with Crippen molar-refractivity contribution >= 4 is 40.0 Å². The molecule has 6 heteroatoms. The Morgan fingerprint density at radius 2 is 1.95 bits per heavy atom. The van der Waals surface area contributed by atoms with E-state index in [0.717, 1.165) is 21.0 Å². The van der Waals surface area contributed by atoms with E-state index in [2.05, 4.69) is 15.0 Å². The van der Waals surface area contributed by atoms with Crippen LogP contribution in [0.5, 0.6) is 0 Å². The van der Waals surface area contributed by atoms with Crippen LogP contribution in [0.2, 0.25) is 5.02 Å². The Morgan fingerprint density at radius 3 is 2.74 bits per heavy atom. The second-order valence-corrected chi connectivity index (χ2v) is 5.32. The molecule has 0 fully saturated rings. The van der Waals surface area contributed by atoms with Gasteiger partial charge in [0.05, 0.1) is 10.5 Å². The summed E-state index contributed by atoms with van der Waals surface area (Å²) in [4.78, 5) is 12.7. The van der Waals surface area contributed by atoms with Crippen LogP contribution in [0.3, 0.4) is 0 Å². The average Bonchev–Trinajstić information content (AvgIpc) is 2.41. The molecule has 1 aromatic carbocycles. The molecule has 0 saturated carbocycles. The zero-order valence-corrected chi connectivity index (χ0v) is 11.3. The van der Waals surface area contributed by atoms with Crippen molar-refractivity contribution in [1.29, 1.82) is 0 Å². The smallest absolute Gasteiger partial charge is 0.117 e. The molecule has 0 aliphatic heterocycles. The number of nitrogen functional groups attached to an aromatic ring is 1. The molecular weight excluding hydrogens is 280 g/mol. The largest absolute Gasteiger partial charge is 0.399 e. The van der Waals surface area contributed by atoms with Crippen LogP contribution < -0.4 is 5.73 Å². The molecule has 0 unspecified atom stereocenters. The third kappa shape index (κ3) is 2.62. The lowest BCUT2D eigenvalue weighted by atomic mass is 10.2. The maximum absolute atomic E-state index is 5.82. The molecule has 2 heterocycles. The minimum Gasteiger partial charge on any atom is -0.399 e. The monoisotopic (exact) mass is 288 g/mol. The number of fused-ring (bicyclic) bond motifs is 1. The van der Waals surface area contributed by atoms with Gasteiger partial charge < -0.3 is 5.73 Å². The normalized spacial score (nSPS) is 10.8. The first kappa shape index (κ1) is 12.2. The molecule has 2 N–H and O–H groups in total. The number of nitrogens with two attached hydrogens (primary N) is 1. The van der Waals surface area contributed by atoms with Crippen LogP contribution in [0, 0.1) is 0 Å². The number of aromatic nitrogens is 3. The number of hydrogen-bond acceptors (Lipinski definition) is 5. The van der Waals surface area contributed by atoms with Gasteiger partial charge in [-0.3, -0.25) is 0 Å². The Bertz CT molecular complexity index is 730. The first-order chi connectivity index (χ1) is 9.22. The molecule has 3 rings (SSSR count). The Morgan fingerprint density at radius 1 is 1.05 bits per heavy atom. The van der Waals surface area contributed by atoms with Crippen LogP contribution in [0.25, 0.3) is 10.9 Å². The molecule has 4 nitrogen and oxygen atoms in total. The summed E-state index contributed by atoms with van der Waals surface area (Å²) in [5.41, 5.74) is 7.26. The Balaban J connectivity index is 2.03. The summed E-state index contributed by atoms with van der Waals surface area (Å²) in [5, 5.41) is 3.25. The van der Waals surface area contributed by atoms with Crippen molar-refractivity contribution < 1.29 is 0 Å². The van der Waals surface area contributed by atoms with Crippen molar-refractivity contribution in [1.82, 2.24) is 15.0 Å². The molecule has 0 amide bonds. The van der Waals surface area contributed by atoms with E-state index in [1.54, 1.807) is 12.3 Å². The molecule has 2 aromatic heterocycles. The molecule has 94 valence electrons. The van der Waals surface area contributed by atoms with E-state index in [0.29, 0.717) is 10.7 Å². The maximum atomic E-state index is 5.82. The predicted molar refractivity (Wildman–Crippen MR) is 77.3 cm³/mol. The number of anilines is 1. The molecule has 0 spiro atoms. The predicted octanol–water partition coefficient (Wildman–Crippen LogP) is 3.41. The number of nitrogens with zero attached hydrogens (tertiary/aromatic N) is 3. The molecule has 0 radical (unpaired) electrons. The molecule has 0 aliphatic rings. The van der Waals surface area contributed by atoms with Crippen molar-refractivity contribution in [3.05, 3.63) is 47.9 Å². The fraction of sp³-hybridized carbons (Fsp3) is 0. The summed E-state index contributed by atoms with van der Waals surface area (Å²) in [6.45, 7) is 0. The van der Waals surface area contributed by atoms with Crippen LogP contribution in [0.4, 0.5) is 5.69 Å². The van der Waals surface area contributed by atoms with Crippen molar-refractivity contribution in [3.8, 4) is 0 Å². The minimum atomic E-state index is 0.615. The van der Waals surface area contributed by atoms with E-state index in [-0.39, 0.29) is 0 Å². The van der Waals surface area contributed by atoms with Crippen LogP contribution in [-0.2, 0) is 0 Å². The second kappa shape index (κ2) is 5.03. The van der Waals surface area contributed by atoms with Gasteiger partial charge in [0.15, 0.2) is 0 Å². The van der Waals surface area contributed by atoms with Gasteiger partial charge in [-0.1, -0.05) is 11.6 Å². The van der Waals surface area contributed by atoms with E-state index >= 15 is 0 Å². The van der Waals surface area contributed by atoms with Crippen molar-refractivity contribution in [2.24, 2.45) is 0 Å². The third-order valence-electron chi connectivity index (χ3n) is 2.53. The van der Waals surface area contributed by atoms with Gasteiger partial charge in [-0.05, 0) is 42.1 Å². The summed E-state index contributed by atoms with van der Waals surface area (Å²) in [6.07, 6.45) is 3.14. The highest BCUT2D eigenvalue weighted by atomic mass is 35.5. The molecule has 0 bridgehead atoms.